The van der Waals surface area contributed by atoms with Crippen molar-refractivity contribution >= 4 is 35.0 Å². The molecule has 0 fully saturated rings. The molecule has 0 spiro atoms. The van der Waals surface area contributed by atoms with Gasteiger partial charge in [-0.15, -0.1) is 0 Å². The van der Waals surface area contributed by atoms with Gasteiger partial charge in [0.15, 0.2) is 5.11 Å². The number of rotatable bonds is 7. The number of hydrogen-bond acceptors (Lipinski definition) is 3. The van der Waals surface area contributed by atoms with Crippen molar-refractivity contribution in [3.8, 4) is 5.75 Å². The fourth-order valence-electron chi connectivity index (χ4n) is 2.13. The number of carbonyl (C=O) groups is 1. The lowest BCUT2D eigenvalue weighted by Gasteiger charge is -2.09. The summed E-state index contributed by atoms with van der Waals surface area (Å²) in [5, 5.41) is 5.87. The third-order valence-electron chi connectivity index (χ3n) is 3.62. The van der Waals surface area contributed by atoms with E-state index in [0.717, 1.165) is 29.8 Å². The number of unbranched alkanes of at least 4 members (excludes halogenated alkanes) is 1. The van der Waals surface area contributed by atoms with Crippen molar-refractivity contribution in [1.29, 1.82) is 0 Å². The van der Waals surface area contributed by atoms with Crippen LogP contribution in [-0.2, 0) is 4.79 Å². The van der Waals surface area contributed by atoms with Gasteiger partial charge < -0.3 is 10.1 Å². The fraction of sp³-hybridized carbons (Fsp3) is 0.238. The summed E-state index contributed by atoms with van der Waals surface area (Å²) in [6, 6.07) is 15.4. The van der Waals surface area contributed by atoms with Crippen LogP contribution in [0.1, 0.15) is 30.9 Å². The van der Waals surface area contributed by atoms with E-state index in [-0.39, 0.29) is 11.0 Å². The first kappa shape index (κ1) is 19.7. The normalized spacial score (nSPS) is 10.5. The molecule has 0 unspecified atom stereocenters. The maximum atomic E-state index is 11.9. The highest BCUT2D eigenvalue weighted by molar-refractivity contribution is 7.80. The summed E-state index contributed by atoms with van der Waals surface area (Å²) in [7, 11) is 0. The van der Waals surface area contributed by atoms with Crippen LogP contribution in [0.25, 0.3) is 6.08 Å². The molecule has 2 aromatic carbocycles. The number of hydrogen-bond donors (Lipinski definition) is 2. The molecular weight excluding hydrogens is 344 g/mol. The highest BCUT2D eigenvalue weighted by Gasteiger charge is 2.02. The molecule has 0 aromatic heterocycles. The lowest BCUT2D eigenvalue weighted by molar-refractivity contribution is -0.115. The number of ether oxygens (including phenoxy) is 1. The number of thiocarbonyl (C=S) groups is 1. The molecule has 4 nitrogen and oxygen atoms in total. The SMILES string of the molecule is CCCCOc1ccc(NC(=S)NC(=O)C=Cc2ccc(C)cc2)cc1. The third-order valence-corrected chi connectivity index (χ3v) is 3.82. The minimum absolute atomic E-state index is 0.253. The summed E-state index contributed by atoms with van der Waals surface area (Å²) in [6.07, 6.45) is 5.35. The molecule has 0 saturated carbocycles. The Kier molecular flexibility index (Phi) is 7.83. The number of benzene rings is 2. The lowest BCUT2D eigenvalue weighted by atomic mass is 10.1. The molecule has 0 aliphatic carbocycles. The van der Waals surface area contributed by atoms with Crippen LogP contribution in [0.5, 0.6) is 5.75 Å². The first-order valence-electron chi connectivity index (χ1n) is 8.66. The number of nitrogens with one attached hydrogen (secondary N) is 2. The zero-order chi connectivity index (χ0) is 18.8. The molecule has 0 heterocycles. The van der Waals surface area contributed by atoms with Crippen molar-refractivity contribution < 1.29 is 9.53 Å². The second-order valence-electron chi connectivity index (χ2n) is 5.91. The Morgan fingerprint density at radius 2 is 1.81 bits per heavy atom. The molecular formula is C21H24N2O2S. The fourth-order valence-corrected chi connectivity index (χ4v) is 2.35. The van der Waals surface area contributed by atoms with Gasteiger partial charge in [-0.05, 0) is 61.5 Å². The van der Waals surface area contributed by atoms with Crippen molar-refractivity contribution in [2.45, 2.75) is 26.7 Å². The van der Waals surface area contributed by atoms with E-state index in [4.69, 9.17) is 17.0 Å². The van der Waals surface area contributed by atoms with Gasteiger partial charge >= 0.3 is 0 Å². The smallest absolute Gasteiger partial charge is 0.250 e. The van der Waals surface area contributed by atoms with Crippen molar-refractivity contribution in [3.63, 3.8) is 0 Å². The highest BCUT2D eigenvalue weighted by Crippen LogP contribution is 2.16. The molecule has 0 atom stereocenters. The average Bonchev–Trinajstić information content (AvgIpc) is 2.63. The number of amides is 1. The van der Waals surface area contributed by atoms with Gasteiger partial charge in [-0.1, -0.05) is 43.2 Å². The van der Waals surface area contributed by atoms with Gasteiger partial charge in [0.25, 0.3) is 0 Å². The average molecular weight is 369 g/mol. The standard InChI is InChI=1S/C21H24N2O2S/c1-3-4-15-25-19-12-10-18(11-13-19)22-21(26)23-20(24)14-9-17-7-5-16(2)6-8-17/h5-14H,3-4,15H2,1-2H3,(H2,22,23,24,26). The summed E-state index contributed by atoms with van der Waals surface area (Å²) in [5.41, 5.74) is 2.93. The Bertz CT molecular complexity index is 753. The summed E-state index contributed by atoms with van der Waals surface area (Å²) >= 11 is 5.17. The van der Waals surface area contributed by atoms with Crippen LogP contribution >= 0.6 is 12.2 Å². The number of anilines is 1. The van der Waals surface area contributed by atoms with E-state index >= 15 is 0 Å². The first-order valence-corrected chi connectivity index (χ1v) is 9.07. The van der Waals surface area contributed by atoms with E-state index in [2.05, 4.69) is 17.6 Å². The minimum atomic E-state index is -0.275. The first-order chi connectivity index (χ1) is 12.6. The molecule has 2 rings (SSSR count). The van der Waals surface area contributed by atoms with Gasteiger partial charge in [-0.3, -0.25) is 10.1 Å². The maximum absolute atomic E-state index is 11.9. The maximum Gasteiger partial charge on any atom is 0.250 e. The van der Waals surface area contributed by atoms with Crippen molar-refractivity contribution in [2.24, 2.45) is 0 Å². The Morgan fingerprint density at radius 1 is 1.12 bits per heavy atom. The van der Waals surface area contributed by atoms with Crippen molar-refractivity contribution in [1.82, 2.24) is 5.32 Å². The van der Waals surface area contributed by atoms with Gasteiger partial charge in [0.05, 0.1) is 6.61 Å². The number of aryl methyl sites for hydroxylation is 1. The highest BCUT2D eigenvalue weighted by atomic mass is 32.1. The van der Waals surface area contributed by atoms with Crippen molar-refractivity contribution in [3.05, 3.63) is 65.7 Å². The zero-order valence-electron chi connectivity index (χ0n) is 15.1. The second-order valence-corrected chi connectivity index (χ2v) is 6.32. The van der Waals surface area contributed by atoms with E-state index in [0.29, 0.717) is 6.61 Å². The quantitative estimate of drug-likeness (QED) is 0.422. The molecule has 1 amide bonds. The molecule has 0 aliphatic rings. The Morgan fingerprint density at radius 3 is 2.46 bits per heavy atom. The van der Waals surface area contributed by atoms with Gasteiger partial charge in [-0.2, -0.15) is 0 Å². The molecule has 5 heteroatoms. The summed E-state index contributed by atoms with van der Waals surface area (Å²) in [6.45, 7) is 4.86. The molecule has 0 saturated heterocycles. The molecule has 0 aliphatic heterocycles. The Hall–Kier alpha value is -2.66. The molecule has 136 valence electrons. The molecule has 26 heavy (non-hydrogen) atoms. The van der Waals surface area contributed by atoms with Crippen LogP contribution in [0.4, 0.5) is 5.69 Å². The monoisotopic (exact) mass is 368 g/mol. The van der Waals surface area contributed by atoms with Crippen LogP contribution in [0, 0.1) is 6.92 Å². The lowest BCUT2D eigenvalue weighted by Crippen LogP contribution is -2.32. The van der Waals surface area contributed by atoms with Crippen LogP contribution < -0.4 is 15.4 Å². The van der Waals surface area contributed by atoms with Gasteiger partial charge in [0.2, 0.25) is 5.91 Å². The second kappa shape index (κ2) is 10.4. The van der Waals surface area contributed by atoms with E-state index in [1.807, 2.05) is 55.5 Å². The molecule has 2 N–H and O–H groups in total. The predicted octanol–water partition coefficient (Wildman–Crippen LogP) is 4.70. The predicted molar refractivity (Wildman–Crippen MR) is 111 cm³/mol. The van der Waals surface area contributed by atoms with Crippen LogP contribution in [0.15, 0.2) is 54.6 Å². The number of carbonyl (C=O) groups excluding carboxylic acids is 1. The van der Waals surface area contributed by atoms with Crippen molar-refractivity contribution in [2.75, 3.05) is 11.9 Å². The molecule has 2 aromatic rings. The van der Waals surface area contributed by atoms with Crippen LogP contribution in [0.2, 0.25) is 0 Å². The van der Waals surface area contributed by atoms with E-state index in [1.54, 1.807) is 6.08 Å². The largest absolute Gasteiger partial charge is 0.494 e. The van der Waals surface area contributed by atoms with Gasteiger partial charge in [-0.25, -0.2) is 0 Å². The summed E-state index contributed by atoms with van der Waals surface area (Å²) < 4.78 is 5.61. The minimum Gasteiger partial charge on any atom is -0.494 e. The van der Waals surface area contributed by atoms with Crippen LogP contribution in [0.3, 0.4) is 0 Å². The Balaban J connectivity index is 1.80. The topological polar surface area (TPSA) is 50.4 Å². The van der Waals surface area contributed by atoms with Gasteiger partial charge in [0, 0.05) is 11.8 Å². The van der Waals surface area contributed by atoms with Gasteiger partial charge in [0.1, 0.15) is 5.75 Å². The molecule has 0 bridgehead atoms. The Labute approximate surface area is 160 Å². The van der Waals surface area contributed by atoms with E-state index in [9.17, 15) is 4.79 Å². The summed E-state index contributed by atoms with van der Waals surface area (Å²) in [5.74, 6) is 0.544. The third kappa shape index (κ3) is 7.07. The van der Waals surface area contributed by atoms with E-state index in [1.165, 1.54) is 11.6 Å². The van der Waals surface area contributed by atoms with E-state index < -0.39 is 0 Å². The van der Waals surface area contributed by atoms with Crippen LogP contribution in [-0.4, -0.2) is 17.6 Å². The molecule has 0 radical (unpaired) electrons. The zero-order valence-corrected chi connectivity index (χ0v) is 15.9. The summed E-state index contributed by atoms with van der Waals surface area (Å²) in [4.78, 5) is 11.9.